The molecule has 3 aromatic carbocycles. The van der Waals surface area contributed by atoms with E-state index in [1.165, 1.54) is 25.3 Å². The second kappa shape index (κ2) is 6.94. The van der Waals surface area contributed by atoms with Crippen molar-refractivity contribution in [1.82, 2.24) is 0 Å². The fraction of sp³-hybridized carbons (Fsp3) is 0.0526. The Balaban J connectivity index is 2.10. The fourth-order valence-electron chi connectivity index (χ4n) is 2.45. The van der Waals surface area contributed by atoms with Gasteiger partial charge >= 0.3 is 0 Å². The maximum absolute atomic E-state index is 14.2. The maximum atomic E-state index is 14.2. The van der Waals surface area contributed by atoms with Gasteiger partial charge in [0.05, 0.1) is 17.7 Å². The van der Waals surface area contributed by atoms with Gasteiger partial charge in [0.15, 0.2) is 0 Å². The van der Waals surface area contributed by atoms with Gasteiger partial charge in [-0.15, -0.1) is 0 Å². The number of methoxy groups -OCH3 is 1. The Morgan fingerprint density at radius 1 is 0.880 bits per heavy atom. The summed E-state index contributed by atoms with van der Waals surface area (Å²) < 4.78 is 47.1. The van der Waals surface area contributed by atoms with E-state index in [1.54, 1.807) is 54.6 Å². The molecule has 0 bridgehead atoms. The lowest BCUT2D eigenvalue weighted by Crippen LogP contribution is -2.13. The number of sulfonamides is 1. The van der Waals surface area contributed by atoms with E-state index in [-0.39, 0.29) is 16.1 Å². The third kappa shape index (κ3) is 3.64. The topological polar surface area (TPSA) is 55.4 Å². The Labute approximate surface area is 146 Å². The second-order valence-corrected chi connectivity index (χ2v) is 6.99. The van der Waals surface area contributed by atoms with Gasteiger partial charge in [-0.3, -0.25) is 4.72 Å². The van der Waals surface area contributed by atoms with Crippen molar-refractivity contribution in [3.63, 3.8) is 0 Å². The molecule has 3 rings (SSSR count). The smallest absolute Gasteiger partial charge is 0.261 e. The Morgan fingerprint density at radius 3 is 2.24 bits per heavy atom. The largest absolute Gasteiger partial charge is 0.497 e. The highest BCUT2D eigenvalue weighted by molar-refractivity contribution is 7.92. The SMILES string of the molecule is COc1ccc(NS(=O)(=O)c2ccccc2)c(-c2ccccc2F)c1. The van der Waals surface area contributed by atoms with Crippen molar-refractivity contribution in [2.24, 2.45) is 0 Å². The van der Waals surface area contributed by atoms with Crippen LogP contribution in [0.4, 0.5) is 10.1 Å². The lowest BCUT2D eigenvalue weighted by molar-refractivity contribution is 0.415. The van der Waals surface area contributed by atoms with E-state index >= 15 is 0 Å². The minimum absolute atomic E-state index is 0.130. The fourth-order valence-corrected chi connectivity index (χ4v) is 3.55. The zero-order chi connectivity index (χ0) is 17.9. The Hall–Kier alpha value is -2.86. The number of nitrogens with one attached hydrogen (secondary N) is 1. The molecule has 128 valence electrons. The van der Waals surface area contributed by atoms with Gasteiger partial charge in [0.1, 0.15) is 11.6 Å². The van der Waals surface area contributed by atoms with E-state index in [4.69, 9.17) is 4.74 Å². The zero-order valence-electron chi connectivity index (χ0n) is 13.4. The van der Waals surface area contributed by atoms with E-state index in [0.29, 0.717) is 11.3 Å². The lowest BCUT2D eigenvalue weighted by Gasteiger charge is -2.15. The van der Waals surface area contributed by atoms with Crippen LogP contribution in [0.3, 0.4) is 0 Å². The summed E-state index contributed by atoms with van der Waals surface area (Å²) in [6.07, 6.45) is 0. The van der Waals surface area contributed by atoms with Crippen LogP contribution < -0.4 is 9.46 Å². The molecule has 0 atom stereocenters. The maximum Gasteiger partial charge on any atom is 0.261 e. The van der Waals surface area contributed by atoms with Gasteiger partial charge in [0.25, 0.3) is 10.0 Å². The molecule has 0 aliphatic rings. The first-order valence-electron chi connectivity index (χ1n) is 7.52. The summed E-state index contributed by atoms with van der Waals surface area (Å²) in [5.41, 5.74) is 0.957. The quantitative estimate of drug-likeness (QED) is 0.741. The number of anilines is 1. The standard InChI is InChI=1S/C19H16FNO3S/c1-24-14-11-12-19(17(13-14)16-9-5-6-10-18(16)20)21-25(22,23)15-7-3-2-4-8-15/h2-13,21H,1H3. The van der Waals surface area contributed by atoms with Crippen LogP contribution in [0.5, 0.6) is 5.75 Å². The van der Waals surface area contributed by atoms with Crippen LogP contribution in [0.1, 0.15) is 0 Å². The molecule has 0 aliphatic heterocycles. The van der Waals surface area contributed by atoms with Crippen molar-refractivity contribution >= 4 is 15.7 Å². The van der Waals surface area contributed by atoms with Crippen molar-refractivity contribution in [1.29, 1.82) is 0 Å². The highest BCUT2D eigenvalue weighted by atomic mass is 32.2. The van der Waals surface area contributed by atoms with Crippen molar-refractivity contribution in [3.8, 4) is 16.9 Å². The summed E-state index contributed by atoms with van der Waals surface area (Å²) >= 11 is 0. The molecule has 3 aromatic rings. The summed E-state index contributed by atoms with van der Waals surface area (Å²) in [5, 5.41) is 0. The Bertz CT molecular complexity index is 989. The normalized spacial score (nSPS) is 11.1. The molecule has 25 heavy (non-hydrogen) atoms. The van der Waals surface area contributed by atoms with E-state index in [0.717, 1.165) is 0 Å². The predicted octanol–water partition coefficient (Wildman–Crippen LogP) is 4.30. The van der Waals surface area contributed by atoms with Gasteiger partial charge in [0, 0.05) is 11.1 Å². The number of halogens is 1. The molecule has 1 N–H and O–H groups in total. The first-order valence-corrected chi connectivity index (χ1v) is 9.00. The molecule has 0 unspecified atom stereocenters. The molecule has 6 heteroatoms. The van der Waals surface area contributed by atoms with Crippen LogP contribution in [0.2, 0.25) is 0 Å². The molecule has 0 spiro atoms. The Morgan fingerprint density at radius 2 is 1.56 bits per heavy atom. The first kappa shape index (κ1) is 17.0. The predicted molar refractivity (Wildman–Crippen MR) is 95.6 cm³/mol. The molecular weight excluding hydrogens is 341 g/mol. The minimum atomic E-state index is -3.79. The lowest BCUT2D eigenvalue weighted by atomic mass is 10.0. The second-order valence-electron chi connectivity index (χ2n) is 5.31. The molecule has 0 aromatic heterocycles. The highest BCUT2D eigenvalue weighted by Gasteiger charge is 2.18. The molecule has 0 heterocycles. The van der Waals surface area contributed by atoms with Crippen molar-refractivity contribution in [3.05, 3.63) is 78.6 Å². The van der Waals surface area contributed by atoms with Crippen LogP contribution >= 0.6 is 0 Å². The molecule has 0 aliphatic carbocycles. The van der Waals surface area contributed by atoms with E-state index in [2.05, 4.69) is 4.72 Å². The van der Waals surface area contributed by atoms with Crippen LogP contribution in [0, 0.1) is 5.82 Å². The van der Waals surface area contributed by atoms with Crippen molar-refractivity contribution < 1.29 is 17.5 Å². The van der Waals surface area contributed by atoms with Gasteiger partial charge in [0.2, 0.25) is 0 Å². The van der Waals surface area contributed by atoms with Crippen molar-refractivity contribution in [2.45, 2.75) is 4.90 Å². The van der Waals surface area contributed by atoms with Crippen molar-refractivity contribution in [2.75, 3.05) is 11.8 Å². The summed E-state index contributed by atoms with van der Waals surface area (Å²) in [4.78, 5) is 0.130. The molecular formula is C19H16FNO3S. The van der Waals surface area contributed by atoms with Crippen LogP contribution in [-0.2, 0) is 10.0 Å². The van der Waals surface area contributed by atoms with Gasteiger partial charge in [-0.2, -0.15) is 0 Å². The van der Waals surface area contributed by atoms with E-state index < -0.39 is 15.8 Å². The number of ether oxygens (including phenoxy) is 1. The first-order chi connectivity index (χ1) is 12.0. The number of benzene rings is 3. The van der Waals surface area contributed by atoms with Crippen LogP contribution in [0.15, 0.2) is 77.7 Å². The third-order valence-electron chi connectivity index (χ3n) is 3.69. The average Bonchev–Trinajstić information content (AvgIpc) is 2.63. The zero-order valence-corrected chi connectivity index (χ0v) is 14.3. The number of hydrogen-bond donors (Lipinski definition) is 1. The Kier molecular flexibility index (Phi) is 4.72. The third-order valence-corrected chi connectivity index (χ3v) is 5.07. The summed E-state index contributed by atoms with van der Waals surface area (Å²) in [6.45, 7) is 0. The molecule has 0 fully saturated rings. The molecule has 0 saturated heterocycles. The molecule has 0 saturated carbocycles. The van der Waals surface area contributed by atoms with Crippen LogP contribution in [0.25, 0.3) is 11.1 Å². The van der Waals surface area contributed by atoms with Crippen LogP contribution in [-0.4, -0.2) is 15.5 Å². The summed E-state index contributed by atoms with van der Waals surface area (Å²) in [6, 6.07) is 18.9. The number of hydrogen-bond acceptors (Lipinski definition) is 3. The van der Waals surface area contributed by atoms with E-state index in [1.807, 2.05) is 0 Å². The highest BCUT2D eigenvalue weighted by Crippen LogP contribution is 2.34. The van der Waals surface area contributed by atoms with Gasteiger partial charge in [-0.05, 0) is 36.4 Å². The summed E-state index contributed by atoms with van der Waals surface area (Å²) in [7, 11) is -2.30. The van der Waals surface area contributed by atoms with Gasteiger partial charge in [-0.1, -0.05) is 36.4 Å². The van der Waals surface area contributed by atoms with Gasteiger partial charge < -0.3 is 4.74 Å². The summed E-state index contributed by atoms with van der Waals surface area (Å²) in [5.74, 6) is 0.0526. The van der Waals surface area contributed by atoms with Gasteiger partial charge in [-0.25, -0.2) is 12.8 Å². The number of rotatable bonds is 5. The molecule has 4 nitrogen and oxygen atoms in total. The molecule has 0 amide bonds. The van der Waals surface area contributed by atoms with E-state index in [9.17, 15) is 12.8 Å². The molecule has 0 radical (unpaired) electrons. The average molecular weight is 357 g/mol. The monoisotopic (exact) mass is 357 g/mol. The minimum Gasteiger partial charge on any atom is -0.497 e.